The highest BCUT2D eigenvalue weighted by Gasteiger charge is 2.36. The molecule has 1 amide bonds. The van der Waals surface area contributed by atoms with E-state index >= 15 is 0 Å². The zero-order chi connectivity index (χ0) is 24.5. The zero-order valence-electron chi connectivity index (χ0n) is 18.1. The number of anilines is 1. The van der Waals surface area contributed by atoms with Crippen molar-refractivity contribution in [2.24, 2.45) is 0 Å². The number of hydrogen-bond acceptors (Lipinski definition) is 6. The number of nitrogens with zero attached hydrogens (tertiary/aromatic N) is 5. The number of hydrogen-bond donors (Lipinski definition) is 1. The fraction of sp³-hybridized carbons (Fsp3) is 0.524. The minimum Gasteiger partial charge on any atom is -0.338 e. The summed E-state index contributed by atoms with van der Waals surface area (Å²) in [7, 11) is 0. The first-order chi connectivity index (χ1) is 16.1. The smallest absolute Gasteiger partial charge is 0.338 e. The number of piperazine rings is 1. The number of carbonyl (C=O) groups excluding carboxylic acids is 1. The summed E-state index contributed by atoms with van der Waals surface area (Å²) in [6, 6.07) is 0.467. The maximum Gasteiger partial charge on any atom is 0.421 e. The van der Waals surface area contributed by atoms with Gasteiger partial charge in [-0.15, -0.1) is 0 Å². The Labute approximate surface area is 191 Å². The van der Waals surface area contributed by atoms with E-state index in [1.807, 2.05) is 4.90 Å². The summed E-state index contributed by atoms with van der Waals surface area (Å²) in [5.41, 5.74) is -2.38. The zero-order valence-corrected chi connectivity index (χ0v) is 18.1. The molecule has 184 valence electrons. The second-order valence-corrected chi connectivity index (χ2v) is 8.29. The van der Waals surface area contributed by atoms with Gasteiger partial charge in [-0.25, -0.2) is 18.7 Å². The van der Waals surface area contributed by atoms with E-state index in [0.717, 1.165) is 24.9 Å². The molecule has 4 heterocycles. The second-order valence-electron chi connectivity index (χ2n) is 8.29. The second kappa shape index (κ2) is 9.65. The van der Waals surface area contributed by atoms with Crippen molar-refractivity contribution >= 4 is 11.9 Å². The minimum absolute atomic E-state index is 0.0464. The Morgan fingerprint density at radius 1 is 1.12 bits per heavy atom. The first kappa shape index (κ1) is 24.0. The molecule has 1 atom stereocenters. The van der Waals surface area contributed by atoms with Crippen molar-refractivity contribution in [2.45, 2.75) is 31.5 Å². The summed E-state index contributed by atoms with van der Waals surface area (Å²) >= 11 is 0. The van der Waals surface area contributed by atoms with E-state index in [1.54, 1.807) is 9.80 Å². The van der Waals surface area contributed by atoms with Gasteiger partial charge in [-0.05, 0) is 31.0 Å². The van der Waals surface area contributed by atoms with E-state index in [4.69, 9.17) is 0 Å². The van der Waals surface area contributed by atoms with Gasteiger partial charge in [0.05, 0.1) is 12.1 Å². The molecule has 0 bridgehead atoms. The van der Waals surface area contributed by atoms with Gasteiger partial charge >= 0.3 is 6.18 Å². The molecule has 2 fully saturated rings. The first-order valence-corrected chi connectivity index (χ1v) is 10.8. The van der Waals surface area contributed by atoms with Gasteiger partial charge < -0.3 is 14.8 Å². The molecule has 1 unspecified atom stereocenters. The van der Waals surface area contributed by atoms with Crippen molar-refractivity contribution in [3.63, 3.8) is 0 Å². The van der Waals surface area contributed by atoms with Gasteiger partial charge in [-0.2, -0.15) is 13.2 Å². The third-order valence-corrected chi connectivity index (χ3v) is 6.14. The molecule has 13 heteroatoms. The number of amides is 1. The maximum absolute atomic E-state index is 13.1. The SMILES string of the molecule is O=C(CN1CCCC1c1c[nH]c(=O)c(C(F)(F)F)c1)N1CCN(c2ncc(C(F)F)cn2)CC1. The third-order valence-electron chi connectivity index (χ3n) is 6.14. The van der Waals surface area contributed by atoms with Gasteiger partial charge in [0.25, 0.3) is 12.0 Å². The molecule has 0 saturated carbocycles. The Morgan fingerprint density at radius 2 is 1.79 bits per heavy atom. The fourth-order valence-corrected chi connectivity index (χ4v) is 4.33. The van der Waals surface area contributed by atoms with Crippen molar-refractivity contribution in [1.29, 1.82) is 0 Å². The number of alkyl halides is 5. The van der Waals surface area contributed by atoms with E-state index in [-0.39, 0.29) is 18.0 Å². The van der Waals surface area contributed by atoms with Crippen LogP contribution in [0.25, 0.3) is 0 Å². The number of rotatable bonds is 5. The van der Waals surface area contributed by atoms with Crippen LogP contribution in [0.1, 0.15) is 42.0 Å². The van der Waals surface area contributed by atoms with Gasteiger partial charge in [0, 0.05) is 50.8 Å². The molecule has 0 radical (unpaired) electrons. The van der Waals surface area contributed by atoms with Crippen LogP contribution in [0, 0.1) is 0 Å². The van der Waals surface area contributed by atoms with Crippen LogP contribution in [0.15, 0.2) is 29.5 Å². The highest BCUT2D eigenvalue weighted by Crippen LogP contribution is 2.34. The van der Waals surface area contributed by atoms with Crippen LogP contribution in [0.2, 0.25) is 0 Å². The van der Waals surface area contributed by atoms with Crippen molar-refractivity contribution in [3.05, 3.63) is 51.7 Å². The molecular weight excluding hydrogens is 463 g/mol. The molecule has 0 aromatic carbocycles. The molecule has 0 aliphatic carbocycles. The van der Waals surface area contributed by atoms with E-state index in [9.17, 15) is 31.5 Å². The number of aromatic nitrogens is 3. The predicted molar refractivity (Wildman–Crippen MR) is 111 cm³/mol. The van der Waals surface area contributed by atoms with Crippen molar-refractivity contribution < 1.29 is 26.7 Å². The maximum atomic E-state index is 13.1. The Morgan fingerprint density at radius 3 is 2.41 bits per heavy atom. The lowest BCUT2D eigenvalue weighted by molar-refractivity contribution is -0.139. The van der Waals surface area contributed by atoms with Gasteiger partial charge in [0.15, 0.2) is 0 Å². The van der Waals surface area contributed by atoms with E-state index in [0.29, 0.717) is 50.7 Å². The van der Waals surface area contributed by atoms with Crippen molar-refractivity contribution in [2.75, 3.05) is 44.2 Å². The van der Waals surface area contributed by atoms with Crippen LogP contribution in [0.3, 0.4) is 0 Å². The predicted octanol–water partition coefficient (Wildman–Crippen LogP) is 2.61. The normalized spacial score (nSPS) is 19.8. The third kappa shape index (κ3) is 5.18. The number of halogens is 5. The summed E-state index contributed by atoms with van der Waals surface area (Å²) in [5, 5.41) is 0. The molecular formula is C21H23F5N6O2. The molecule has 2 saturated heterocycles. The molecule has 2 aliphatic heterocycles. The van der Waals surface area contributed by atoms with Gasteiger partial charge in [0.1, 0.15) is 5.56 Å². The summed E-state index contributed by atoms with van der Waals surface area (Å²) < 4.78 is 64.7. The Hall–Kier alpha value is -3.09. The van der Waals surface area contributed by atoms with Gasteiger partial charge in [-0.3, -0.25) is 14.5 Å². The minimum atomic E-state index is -4.76. The topological polar surface area (TPSA) is 85.4 Å². The number of pyridine rings is 1. The number of likely N-dealkylation sites (tertiary alicyclic amines) is 1. The van der Waals surface area contributed by atoms with Crippen molar-refractivity contribution in [3.8, 4) is 0 Å². The monoisotopic (exact) mass is 486 g/mol. The molecule has 34 heavy (non-hydrogen) atoms. The molecule has 2 aliphatic rings. The number of carbonyl (C=O) groups is 1. The van der Waals surface area contributed by atoms with Crippen LogP contribution in [-0.2, 0) is 11.0 Å². The molecule has 0 spiro atoms. The highest BCUT2D eigenvalue weighted by atomic mass is 19.4. The standard InChI is InChI=1S/C21H23F5N6O2/c22-18(23)14-10-28-20(29-11-14)31-6-4-30(5-7-31)17(33)12-32-3-1-2-16(32)13-8-15(21(24,25)26)19(34)27-9-13/h8-11,16,18H,1-7,12H2,(H,27,34). The van der Waals surface area contributed by atoms with Crippen LogP contribution >= 0.6 is 0 Å². The van der Waals surface area contributed by atoms with Crippen LogP contribution in [-0.4, -0.2) is 69.9 Å². The Balaban J connectivity index is 1.36. The highest BCUT2D eigenvalue weighted by molar-refractivity contribution is 5.78. The summed E-state index contributed by atoms with van der Waals surface area (Å²) in [6.45, 7) is 2.23. The number of aromatic amines is 1. The molecule has 2 aromatic heterocycles. The first-order valence-electron chi connectivity index (χ1n) is 10.8. The molecule has 1 N–H and O–H groups in total. The lowest BCUT2D eigenvalue weighted by Gasteiger charge is -2.36. The summed E-state index contributed by atoms with van der Waals surface area (Å²) in [5.74, 6) is 0.163. The average Bonchev–Trinajstić information content (AvgIpc) is 3.27. The molecule has 4 rings (SSSR count). The summed E-state index contributed by atoms with van der Waals surface area (Å²) in [4.78, 5) is 39.9. The largest absolute Gasteiger partial charge is 0.421 e. The Bertz CT molecular complexity index is 1070. The molecule has 2 aromatic rings. The van der Waals surface area contributed by atoms with Crippen LogP contribution < -0.4 is 10.5 Å². The van der Waals surface area contributed by atoms with E-state index in [1.165, 1.54) is 6.20 Å². The lowest BCUT2D eigenvalue weighted by atomic mass is 10.0. The van der Waals surface area contributed by atoms with E-state index < -0.39 is 29.8 Å². The summed E-state index contributed by atoms with van der Waals surface area (Å²) in [6.07, 6.45) is -2.66. The average molecular weight is 486 g/mol. The fourth-order valence-electron chi connectivity index (χ4n) is 4.33. The van der Waals surface area contributed by atoms with Crippen LogP contribution in [0.4, 0.5) is 27.9 Å². The van der Waals surface area contributed by atoms with Gasteiger partial charge in [-0.1, -0.05) is 0 Å². The quantitative estimate of drug-likeness (QED) is 0.655. The van der Waals surface area contributed by atoms with E-state index in [2.05, 4.69) is 15.0 Å². The van der Waals surface area contributed by atoms with Crippen molar-refractivity contribution in [1.82, 2.24) is 24.8 Å². The van der Waals surface area contributed by atoms with Crippen LogP contribution in [0.5, 0.6) is 0 Å². The lowest BCUT2D eigenvalue weighted by Crippen LogP contribution is -2.51. The molecule has 8 nitrogen and oxygen atoms in total. The Kier molecular flexibility index (Phi) is 6.82. The van der Waals surface area contributed by atoms with Gasteiger partial charge in [0.2, 0.25) is 11.9 Å². The number of H-pyrrole nitrogens is 1. The number of nitrogens with one attached hydrogen (secondary N) is 1.